The SMILES string of the molecule is CN=C(NCC1(c2ccc(F)cc2)CCOCC1)NC1CN(C(C)C)CC1C.I. The van der Waals surface area contributed by atoms with E-state index in [2.05, 4.69) is 41.3 Å². The first-order chi connectivity index (χ1) is 13.4. The Morgan fingerprint density at radius 3 is 2.45 bits per heavy atom. The molecular formula is C22H36FIN4O. The van der Waals surface area contributed by atoms with Gasteiger partial charge in [0.15, 0.2) is 5.96 Å². The van der Waals surface area contributed by atoms with E-state index in [4.69, 9.17) is 4.74 Å². The van der Waals surface area contributed by atoms with Crippen LogP contribution in [-0.4, -0.2) is 62.8 Å². The number of rotatable bonds is 5. The molecular weight excluding hydrogens is 482 g/mol. The van der Waals surface area contributed by atoms with E-state index in [0.29, 0.717) is 18.0 Å². The fourth-order valence-corrected chi connectivity index (χ4v) is 4.37. The molecule has 0 aromatic heterocycles. The predicted octanol–water partition coefficient (Wildman–Crippen LogP) is 3.39. The molecule has 0 saturated carbocycles. The Bertz CT molecular complexity index is 661. The van der Waals surface area contributed by atoms with E-state index < -0.39 is 0 Å². The van der Waals surface area contributed by atoms with Gasteiger partial charge in [0, 0.05) is 57.4 Å². The van der Waals surface area contributed by atoms with Gasteiger partial charge in [-0.2, -0.15) is 0 Å². The average Bonchev–Trinajstić information content (AvgIpc) is 3.07. The summed E-state index contributed by atoms with van der Waals surface area (Å²) in [5, 5.41) is 7.18. The van der Waals surface area contributed by atoms with Crippen molar-refractivity contribution in [2.24, 2.45) is 10.9 Å². The Balaban J connectivity index is 0.00000300. The van der Waals surface area contributed by atoms with Gasteiger partial charge in [-0.15, -0.1) is 24.0 Å². The molecule has 0 aliphatic carbocycles. The van der Waals surface area contributed by atoms with Crippen LogP contribution in [0.3, 0.4) is 0 Å². The molecule has 7 heteroatoms. The van der Waals surface area contributed by atoms with E-state index in [1.807, 2.05) is 19.2 Å². The average molecular weight is 518 g/mol. The normalized spacial score (nSPS) is 25.0. The second-order valence-corrected chi connectivity index (χ2v) is 8.60. The molecule has 5 nitrogen and oxygen atoms in total. The lowest BCUT2D eigenvalue weighted by Crippen LogP contribution is -2.51. The highest BCUT2D eigenvalue weighted by molar-refractivity contribution is 14.0. The number of ether oxygens (including phenoxy) is 1. The van der Waals surface area contributed by atoms with Crippen molar-refractivity contribution < 1.29 is 9.13 Å². The van der Waals surface area contributed by atoms with E-state index in [9.17, 15) is 4.39 Å². The summed E-state index contributed by atoms with van der Waals surface area (Å²) in [4.78, 5) is 6.97. The summed E-state index contributed by atoms with van der Waals surface area (Å²) >= 11 is 0. The van der Waals surface area contributed by atoms with Crippen molar-refractivity contribution in [1.82, 2.24) is 15.5 Å². The lowest BCUT2D eigenvalue weighted by Gasteiger charge is -2.38. The first kappa shape index (κ1) is 24.3. The van der Waals surface area contributed by atoms with Crippen LogP contribution < -0.4 is 10.6 Å². The van der Waals surface area contributed by atoms with Crippen molar-refractivity contribution in [2.45, 2.75) is 51.1 Å². The zero-order valence-corrected chi connectivity index (χ0v) is 20.4. The van der Waals surface area contributed by atoms with E-state index in [1.54, 1.807) is 12.1 Å². The maximum atomic E-state index is 13.4. The molecule has 29 heavy (non-hydrogen) atoms. The number of halogens is 2. The summed E-state index contributed by atoms with van der Waals surface area (Å²) in [6, 6.07) is 7.90. The highest BCUT2D eigenvalue weighted by atomic mass is 127. The third-order valence-corrected chi connectivity index (χ3v) is 6.42. The minimum absolute atomic E-state index is 0. The molecule has 0 bridgehead atoms. The molecule has 2 heterocycles. The van der Waals surface area contributed by atoms with Crippen LogP contribution >= 0.6 is 24.0 Å². The molecule has 164 valence electrons. The molecule has 2 atom stereocenters. The van der Waals surface area contributed by atoms with Crippen molar-refractivity contribution in [3.8, 4) is 0 Å². The van der Waals surface area contributed by atoms with Crippen LogP contribution in [0, 0.1) is 11.7 Å². The third kappa shape index (κ3) is 6.04. The summed E-state index contributed by atoms with van der Waals surface area (Å²) in [7, 11) is 1.82. The Labute approximate surface area is 191 Å². The lowest BCUT2D eigenvalue weighted by molar-refractivity contribution is 0.0513. The molecule has 3 rings (SSSR count). The maximum absolute atomic E-state index is 13.4. The lowest BCUT2D eigenvalue weighted by atomic mass is 9.74. The molecule has 2 fully saturated rings. The topological polar surface area (TPSA) is 48.9 Å². The third-order valence-electron chi connectivity index (χ3n) is 6.42. The number of aliphatic imine (C=N–C) groups is 1. The van der Waals surface area contributed by atoms with Gasteiger partial charge in [0.1, 0.15) is 5.82 Å². The second-order valence-electron chi connectivity index (χ2n) is 8.60. The first-order valence-electron chi connectivity index (χ1n) is 10.5. The van der Waals surface area contributed by atoms with Gasteiger partial charge in [-0.05, 0) is 50.3 Å². The summed E-state index contributed by atoms with van der Waals surface area (Å²) in [5.74, 6) is 1.23. The molecule has 2 unspecified atom stereocenters. The monoisotopic (exact) mass is 518 g/mol. The standard InChI is InChI=1S/C22H35FN4O.HI/c1-16(2)27-13-17(3)20(14-27)26-21(24-4)25-15-22(9-11-28-12-10-22)18-5-7-19(23)8-6-18;/h5-8,16-17,20H,9-15H2,1-4H3,(H2,24,25,26);1H. The van der Waals surface area contributed by atoms with Gasteiger partial charge in [0.2, 0.25) is 0 Å². The Hall–Kier alpha value is -0.930. The summed E-state index contributed by atoms with van der Waals surface area (Å²) < 4.78 is 19.0. The fourth-order valence-electron chi connectivity index (χ4n) is 4.37. The van der Waals surface area contributed by atoms with Gasteiger partial charge in [0.05, 0.1) is 0 Å². The number of nitrogens with one attached hydrogen (secondary N) is 2. The molecule has 2 aliphatic rings. The highest BCUT2D eigenvalue weighted by Gasteiger charge is 2.35. The quantitative estimate of drug-likeness (QED) is 0.357. The summed E-state index contributed by atoms with van der Waals surface area (Å²) in [6.45, 7) is 11.2. The fraction of sp³-hybridized carbons (Fsp3) is 0.682. The zero-order valence-electron chi connectivity index (χ0n) is 18.1. The molecule has 2 saturated heterocycles. The van der Waals surface area contributed by atoms with Crippen LogP contribution in [0.15, 0.2) is 29.3 Å². The summed E-state index contributed by atoms with van der Waals surface area (Å²) in [5.41, 5.74) is 1.11. The highest BCUT2D eigenvalue weighted by Crippen LogP contribution is 2.34. The van der Waals surface area contributed by atoms with Gasteiger partial charge in [-0.3, -0.25) is 9.89 Å². The molecule has 0 radical (unpaired) electrons. The Kier molecular flexibility index (Phi) is 9.15. The number of benzene rings is 1. The molecule has 2 aliphatic heterocycles. The number of hydrogen-bond acceptors (Lipinski definition) is 3. The summed E-state index contributed by atoms with van der Waals surface area (Å²) in [6.07, 6.45) is 1.84. The van der Waals surface area contributed by atoms with Gasteiger partial charge in [-0.1, -0.05) is 19.1 Å². The van der Waals surface area contributed by atoms with Gasteiger partial charge in [0.25, 0.3) is 0 Å². The van der Waals surface area contributed by atoms with Crippen LogP contribution in [-0.2, 0) is 10.2 Å². The van der Waals surface area contributed by atoms with Crippen molar-refractivity contribution in [3.63, 3.8) is 0 Å². The van der Waals surface area contributed by atoms with E-state index in [1.165, 1.54) is 5.56 Å². The first-order valence-corrected chi connectivity index (χ1v) is 10.5. The minimum Gasteiger partial charge on any atom is -0.381 e. The Morgan fingerprint density at radius 2 is 1.90 bits per heavy atom. The van der Waals surface area contributed by atoms with Gasteiger partial charge >= 0.3 is 0 Å². The molecule has 1 aromatic carbocycles. The molecule has 1 aromatic rings. The van der Waals surface area contributed by atoms with Crippen molar-refractivity contribution in [1.29, 1.82) is 0 Å². The minimum atomic E-state index is -0.193. The van der Waals surface area contributed by atoms with E-state index in [-0.39, 0.29) is 35.2 Å². The second kappa shape index (κ2) is 10.9. The van der Waals surface area contributed by atoms with Crippen LogP contribution in [0.1, 0.15) is 39.2 Å². The van der Waals surface area contributed by atoms with E-state index >= 15 is 0 Å². The van der Waals surface area contributed by atoms with Crippen molar-refractivity contribution in [2.75, 3.05) is 39.9 Å². The molecule has 0 amide bonds. The maximum Gasteiger partial charge on any atom is 0.191 e. The van der Waals surface area contributed by atoms with Crippen LogP contribution in [0.2, 0.25) is 0 Å². The number of likely N-dealkylation sites (tertiary alicyclic amines) is 1. The van der Waals surface area contributed by atoms with Gasteiger partial charge < -0.3 is 15.4 Å². The number of nitrogens with zero attached hydrogens (tertiary/aromatic N) is 2. The Morgan fingerprint density at radius 1 is 1.24 bits per heavy atom. The molecule has 0 spiro atoms. The zero-order chi connectivity index (χ0) is 20.1. The van der Waals surface area contributed by atoms with Crippen molar-refractivity contribution >= 4 is 29.9 Å². The van der Waals surface area contributed by atoms with E-state index in [0.717, 1.165) is 51.6 Å². The van der Waals surface area contributed by atoms with Crippen LogP contribution in [0.4, 0.5) is 4.39 Å². The molecule has 2 N–H and O–H groups in total. The smallest absolute Gasteiger partial charge is 0.191 e. The van der Waals surface area contributed by atoms with Gasteiger partial charge in [-0.25, -0.2) is 4.39 Å². The van der Waals surface area contributed by atoms with Crippen LogP contribution in [0.5, 0.6) is 0 Å². The predicted molar refractivity (Wildman–Crippen MR) is 128 cm³/mol. The number of hydrogen-bond donors (Lipinski definition) is 2. The van der Waals surface area contributed by atoms with Crippen LogP contribution in [0.25, 0.3) is 0 Å². The van der Waals surface area contributed by atoms with Crippen molar-refractivity contribution in [3.05, 3.63) is 35.6 Å². The largest absolute Gasteiger partial charge is 0.381 e. The number of guanidine groups is 1.